The zero-order chi connectivity index (χ0) is 26.2. The molecule has 37 heavy (non-hydrogen) atoms. The number of nitriles is 1. The zero-order valence-corrected chi connectivity index (χ0v) is 20.3. The third-order valence-electron chi connectivity index (χ3n) is 5.42. The van der Waals surface area contributed by atoms with Gasteiger partial charge in [0.1, 0.15) is 11.9 Å². The summed E-state index contributed by atoms with van der Waals surface area (Å²) in [5, 5.41) is 28.9. The minimum Gasteiger partial charge on any atom is -0.490 e. The van der Waals surface area contributed by atoms with E-state index in [1.807, 2.05) is 38.1 Å². The molecule has 13 heteroatoms. The number of halogens is 1. The number of carbonyl (C=O) groups excluding carboxylic acids is 1. The number of rotatable bonds is 10. The van der Waals surface area contributed by atoms with Crippen LogP contribution in [0.4, 0.5) is 10.1 Å². The van der Waals surface area contributed by atoms with Crippen molar-refractivity contribution in [1.82, 2.24) is 31.1 Å². The van der Waals surface area contributed by atoms with Crippen molar-refractivity contribution in [3.05, 3.63) is 59.2 Å². The summed E-state index contributed by atoms with van der Waals surface area (Å²) in [6.07, 6.45) is 1.34. The Bertz CT molecular complexity index is 1310. The highest BCUT2D eigenvalue weighted by Gasteiger charge is 2.24. The maximum absolute atomic E-state index is 14.9. The first kappa shape index (κ1) is 25.5. The fourth-order valence-corrected chi connectivity index (χ4v) is 3.70. The van der Waals surface area contributed by atoms with E-state index in [2.05, 4.69) is 36.6 Å². The van der Waals surface area contributed by atoms with Gasteiger partial charge in [-0.15, -0.1) is 0 Å². The van der Waals surface area contributed by atoms with Crippen molar-refractivity contribution < 1.29 is 18.7 Å². The number of ether oxygens (including phenoxy) is 2. The fourth-order valence-electron chi connectivity index (χ4n) is 3.70. The third-order valence-corrected chi connectivity index (χ3v) is 5.42. The summed E-state index contributed by atoms with van der Waals surface area (Å²) in [7, 11) is 0. The zero-order valence-electron chi connectivity index (χ0n) is 20.3. The molecule has 12 nitrogen and oxygen atoms in total. The molecule has 1 aliphatic rings. The number of nitrogens with zero attached hydrogens (tertiary/aromatic N) is 7. The minimum atomic E-state index is -0.952. The molecule has 0 saturated heterocycles. The highest BCUT2D eigenvalue weighted by atomic mass is 19.1. The van der Waals surface area contributed by atoms with E-state index in [4.69, 9.17) is 9.47 Å². The smallest absolute Gasteiger partial charge is 0.276 e. The van der Waals surface area contributed by atoms with Crippen molar-refractivity contribution in [2.45, 2.75) is 32.7 Å². The van der Waals surface area contributed by atoms with Crippen LogP contribution in [0.15, 0.2) is 41.5 Å². The molecular formula is C24H25FN9O3-. The predicted molar refractivity (Wildman–Crippen MR) is 130 cm³/mol. The molecule has 1 atom stereocenters. The molecule has 2 aromatic carbocycles. The standard InChI is InChI=1S/C24H26FN9O3/c1-3-36-21-10-7-15(12-22(21)37-4-2)19-6-5-11-34(31-19)24(35)17-9-8-16(13-18(17)25)27-28-20(14-26)23-29-32-33-30-23/h7-10,12-13,20H,3-6,11H2,1-2H3,(H3,27,28,29,30,32,33,35)/p-1. The molecule has 0 bridgehead atoms. The van der Waals surface area contributed by atoms with Crippen LogP contribution >= 0.6 is 0 Å². The fraction of sp³-hybridized carbons (Fsp3) is 0.333. The van der Waals surface area contributed by atoms with Crippen molar-refractivity contribution in [2.24, 2.45) is 5.10 Å². The molecule has 192 valence electrons. The first-order chi connectivity index (χ1) is 18.0. The topological polar surface area (TPSA) is 152 Å². The van der Waals surface area contributed by atoms with Crippen molar-refractivity contribution in [3.63, 3.8) is 0 Å². The highest BCUT2D eigenvalue weighted by Crippen LogP contribution is 2.30. The van der Waals surface area contributed by atoms with Crippen LogP contribution < -0.4 is 25.4 Å². The molecule has 3 aromatic rings. The SMILES string of the molecule is CCOc1ccc(C2=NN(C(=O)c3ccc(NNC(C#N)c4nnn[n-]4)cc3F)CCC2)cc1OCC. The molecule has 0 fully saturated rings. The number of benzene rings is 2. The second-order valence-electron chi connectivity index (χ2n) is 7.87. The van der Waals surface area contributed by atoms with Crippen LogP contribution in [0.25, 0.3) is 0 Å². The van der Waals surface area contributed by atoms with Crippen molar-refractivity contribution >= 4 is 17.3 Å². The monoisotopic (exact) mass is 506 g/mol. The average Bonchev–Trinajstić information content (AvgIpc) is 3.45. The Balaban J connectivity index is 1.48. The molecule has 0 radical (unpaired) electrons. The van der Waals surface area contributed by atoms with Crippen LogP contribution in [0.1, 0.15) is 54.5 Å². The molecular weight excluding hydrogens is 481 g/mol. The number of hydrogen-bond donors (Lipinski definition) is 2. The van der Waals surface area contributed by atoms with Gasteiger partial charge >= 0.3 is 0 Å². The quantitative estimate of drug-likeness (QED) is 0.393. The van der Waals surface area contributed by atoms with Crippen molar-refractivity contribution in [1.29, 1.82) is 5.26 Å². The summed E-state index contributed by atoms with van der Waals surface area (Å²) in [6, 6.07) is 10.5. The lowest BCUT2D eigenvalue weighted by Crippen LogP contribution is -2.33. The van der Waals surface area contributed by atoms with Crippen LogP contribution in [0, 0.1) is 17.1 Å². The first-order valence-electron chi connectivity index (χ1n) is 11.7. The van der Waals surface area contributed by atoms with Gasteiger partial charge in [0.25, 0.3) is 5.91 Å². The lowest BCUT2D eigenvalue weighted by Gasteiger charge is -2.24. The molecule has 0 spiro atoms. The van der Waals surface area contributed by atoms with Gasteiger partial charge in [-0.1, -0.05) is 0 Å². The van der Waals surface area contributed by atoms with Crippen LogP contribution in [-0.4, -0.2) is 51.9 Å². The summed E-state index contributed by atoms with van der Waals surface area (Å²) in [6.45, 7) is 5.14. The molecule has 0 aliphatic carbocycles. The second kappa shape index (κ2) is 11.9. The molecule has 1 aromatic heterocycles. The number of tetrazole rings is 1. The third kappa shape index (κ3) is 5.99. The lowest BCUT2D eigenvalue weighted by atomic mass is 10.0. The van der Waals surface area contributed by atoms with Gasteiger partial charge in [-0.25, -0.2) is 14.8 Å². The molecule has 2 heterocycles. The number of amides is 1. The Kier molecular flexibility index (Phi) is 8.22. The maximum atomic E-state index is 14.9. The molecule has 1 aliphatic heterocycles. The summed E-state index contributed by atoms with van der Waals surface area (Å²) in [4.78, 5) is 13.1. The van der Waals surface area contributed by atoms with Crippen LogP contribution in [0.5, 0.6) is 11.5 Å². The molecule has 1 unspecified atom stereocenters. The van der Waals surface area contributed by atoms with Gasteiger partial charge in [0.15, 0.2) is 11.5 Å². The molecule has 0 saturated carbocycles. The number of anilines is 1. The number of nitrogens with one attached hydrogen (secondary N) is 2. The molecule has 2 N–H and O–H groups in total. The Hall–Kier alpha value is -4.57. The Morgan fingerprint density at radius 3 is 2.73 bits per heavy atom. The summed E-state index contributed by atoms with van der Waals surface area (Å²) >= 11 is 0. The van der Waals surface area contributed by atoms with E-state index in [0.717, 1.165) is 11.6 Å². The molecule has 4 rings (SSSR count). The van der Waals surface area contributed by atoms with E-state index in [-0.39, 0.29) is 11.4 Å². The van der Waals surface area contributed by atoms with Gasteiger partial charge in [-0.2, -0.15) is 15.6 Å². The normalized spacial score (nSPS) is 13.9. The van der Waals surface area contributed by atoms with Gasteiger partial charge in [-0.05, 0) is 63.1 Å². The van der Waals surface area contributed by atoms with E-state index in [1.54, 1.807) is 0 Å². The summed E-state index contributed by atoms with van der Waals surface area (Å²) in [5.41, 5.74) is 7.04. The van der Waals surface area contributed by atoms with E-state index < -0.39 is 17.8 Å². The number of hydrazine groups is 1. The van der Waals surface area contributed by atoms with Gasteiger partial charge in [0.2, 0.25) is 0 Å². The van der Waals surface area contributed by atoms with Crippen molar-refractivity contribution in [3.8, 4) is 17.6 Å². The van der Waals surface area contributed by atoms with E-state index in [0.29, 0.717) is 55.5 Å². The van der Waals surface area contributed by atoms with Crippen LogP contribution in [-0.2, 0) is 0 Å². The first-order valence-corrected chi connectivity index (χ1v) is 11.7. The Morgan fingerprint density at radius 1 is 1.22 bits per heavy atom. The number of hydrogen-bond acceptors (Lipinski definition) is 10. The maximum Gasteiger partial charge on any atom is 0.276 e. The van der Waals surface area contributed by atoms with E-state index in [9.17, 15) is 14.4 Å². The van der Waals surface area contributed by atoms with E-state index >= 15 is 0 Å². The number of aromatic nitrogens is 4. The minimum absolute atomic E-state index is 0.0712. The van der Waals surface area contributed by atoms with Gasteiger partial charge in [0.05, 0.1) is 36.2 Å². The summed E-state index contributed by atoms with van der Waals surface area (Å²) < 4.78 is 26.2. The number of hydrazone groups is 1. The summed E-state index contributed by atoms with van der Waals surface area (Å²) in [5.74, 6) is 0.0239. The van der Waals surface area contributed by atoms with E-state index in [1.165, 1.54) is 17.1 Å². The van der Waals surface area contributed by atoms with Crippen LogP contribution in [0.2, 0.25) is 0 Å². The number of carbonyl (C=O) groups is 1. The van der Waals surface area contributed by atoms with Crippen LogP contribution in [0.3, 0.4) is 0 Å². The lowest BCUT2D eigenvalue weighted by molar-refractivity contribution is 0.0747. The van der Waals surface area contributed by atoms with Gasteiger partial charge in [-0.3, -0.25) is 15.1 Å². The van der Waals surface area contributed by atoms with Gasteiger partial charge in [0, 0.05) is 17.9 Å². The average molecular weight is 507 g/mol. The predicted octanol–water partition coefficient (Wildman–Crippen LogP) is 2.59. The highest BCUT2D eigenvalue weighted by molar-refractivity contribution is 6.03. The Labute approximate surface area is 212 Å². The second-order valence-corrected chi connectivity index (χ2v) is 7.87. The molecule has 1 amide bonds. The Morgan fingerprint density at radius 2 is 2.03 bits per heavy atom. The largest absolute Gasteiger partial charge is 0.490 e. The van der Waals surface area contributed by atoms with Gasteiger partial charge < -0.3 is 20.0 Å². The van der Waals surface area contributed by atoms with Crippen molar-refractivity contribution in [2.75, 3.05) is 25.2 Å².